The summed E-state index contributed by atoms with van der Waals surface area (Å²) < 4.78 is 12.7. The van der Waals surface area contributed by atoms with Gasteiger partial charge in [-0.2, -0.15) is 0 Å². The van der Waals surface area contributed by atoms with Crippen molar-refractivity contribution in [3.8, 4) is 17.4 Å². The van der Waals surface area contributed by atoms with E-state index < -0.39 is 0 Å². The maximum Gasteiger partial charge on any atom is 0.233 e. The van der Waals surface area contributed by atoms with Crippen LogP contribution in [-0.4, -0.2) is 10.6 Å². The Morgan fingerprint density at radius 3 is 2.89 bits per heavy atom. The van der Waals surface area contributed by atoms with E-state index in [1.54, 1.807) is 6.20 Å². The first kappa shape index (κ1) is 12.5. The maximum atomic E-state index is 5.97. The van der Waals surface area contributed by atoms with Crippen LogP contribution < -0.4 is 9.47 Å². The molecule has 0 aliphatic carbocycles. The lowest BCUT2D eigenvalue weighted by Crippen LogP contribution is -2.24. The molecule has 2 heterocycles. The first-order valence-electron chi connectivity index (χ1n) is 6.14. The van der Waals surface area contributed by atoms with Gasteiger partial charge in [-0.3, -0.25) is 0 Å². The van der Waals surface area contributed by atoms with Gasteiger partial charge in [0, 0.05) is 18.2 Å². The highest BCUT2D eigenvalue weighted by atomic mass is 79.9. The molecule has 0 radical (unpaired) electrons. The molecule has 3 nitrogen and oxygen atoms in total. The number of nitrogens with zero attached hydrogens (tertiary/aromatic N) is 1. The molecule has 19 heavy (non-hydrogen) atoms. The number of hydrogen-bond acceptors (Lipinski definition) is 3. The van der Waals surface area contributed by atoms with Crippen molar-refractivity contribution < 1.29 is 9.47 Å². The Labute approximate surface area is 120 Å². The van der Waals surface area contributed by atoms with Crippen LogP contribution in [0.25, 0.3) is 0 Å². The number of halogens is 1. The van der Waals surface area contributed by atoms with Crippen molar-refractivity contribution in [1.29, 1.82) is 0 Å². The molecule has 0 bridgehead atoms. The summed E-state index contributed by atoms with van der Waals surface area (Å²) >= 11 is 3.43. The fourth-order valence-electron chi connectivity index (χ4n) is 2.22. The lowest BCUT2D eigenvalue weighted by atomic mass is 10.0. The smallest absolute Gasteiger partial charge is 0.233 e. The van der Waals surface area contributed by atoms with Crippen LogP contribution in [0.2, 0.25) is 0 Å². The van der Waals surface area contributed by atoms with Gasteiger partial charge < -0.3 is 9.47 Å². The summed E-state index contributed by atoms with van der Waals surface area (Å²) in [5, 5.41) is 0. The van der Waals surface area contributed by atoms with Crippen LogP contribution in [0.5, 0.6) is 17.4 Å². The lowest BCUT2D eigenvalue weighted by molar-refractivity contribution is 0.135. The van der Waals surface area contributed by atoms with Crippen LogP contribution >= 0.6 is 15.9 Å². The van der Waals surface area contributed by atoms with Crippen molar-refractivity contribution in [1.82, 2.24) is 4.98 Å². The topological polar surface area (TPSA) is 31.4 Å². The second-order valence-electron chi connectivity index (χ2n) is 5.18. The van der Waals surface area contributed by atoms with Crippen LogP contribution in [0.4, 0.5) is 0 Å². The average Bonchev–Trinajstić information content (AvgIpc) is 2.67. The second-order valence-corrected chi connectivity index (χ2v) is 6.03. The molecule has 1 aromatic carbocycles. The van der Waals surface area contributed by atoms with Crippen molar-refractivity contribution in [2.45, 2.75) is 25.9 Å². The van der Waals surface area contributed by atoms with Crippen LogP contribution in [-0.2, 0) is 6.42 Å². The predicted molar refractivity (Wildman–Crippen MR) is 76.9 cm³/mol. The predicted octanol–water partition coefficient (Wildman–Crippen LogP) is 4.35. The van der Waals surface area contributed by atoms with Crippen LogP contribution in [0.1, 0.15) is 19.4 Å². The van der Waals surface area contributed by atoms with E-state index in [1.807, 2.05) is 24.3 Å². The Morgan fingerprint density at radius 2 is 2.11 bits per heavy atom. The number of fused-ring (bicyclic) bond motifs is 1. The van der Waals surface area contributed by atoms with Gasteiger partial charge in [-0.15, -0.1) is 0 Å². The molecular formula is C15H14BrNO2. The quantitative estimate of drug-likeness (QED) is 0.824. The fourth-order valence-corrected chi connectivity index (χ4v) is 2.55. The van der Waals surface area contributed by atoms with E-state index in [-0.39, 0.29) is 5.60 Å². The molecule has 3 rings (SSSR count). The highest BCUT2D eigenvalue weighted by Crippen LogP contribution is 2.43. The molecule has 0 saturated heterocycles. The minimum absolute atomic E-state index is 0.177. The van der Waals surface area contributed by atoms with E-state index in [9.17, 15) is 0 Å². The standard InChI is InChI=1S/C15H14BrNO2/c1-15(2)9-10-5-3-7-12(13(10)19-15)18-14-11(16)6-4-8-17-14/h3-8H,9H2,1-2H3. The summed E-state index contributed by atoms with van der Waals surface area (Å²) in [5.41, 5.74) is 0.998. The molecule has 1 aliphatic heterocycles. The summed E-state index contributed by atoms with van der Waals surface area (Å²) in [6.45, 7) is 4.15. The highest BCUT2D eigenvalue weighted by Gasteiger charge is 2.32. The van der Waals surface area contributed by atoms with E-state index in [2.05, 4.69) is 40.8 Å². The molecule has 0 atom stereocenters. The van der Waals surface area contributed by atoms with Gasteiger partial charge in [-0.1, -0.05) is 12.1 Å². The SMILES string of the molecule is CC1(C)Cc2cccc(Oc3ncccc3Br)c2O1. The minimum atomic E-state index is -0.177. The van der Waals surface area contributed by atoms with Crippen molar-refractivity contribution in [3.05, 3.63) is 46.6 Å². The zero-order valence-electron chi connectivity index (χ0n) is 10.8. The van der Waals surface area contributed by atoms with E-state index in [1.165, 1.54) is 5.56 Å². The number of ether oxygens (including phenoxy) is 2. The Balaban J connectivity index is 1.96. The molecular weight excluding hydrogens is 306 g/mol. The largest absolute Gasteiger partial charge is 0.483 e. The van der Waals surface area contributed by atoms with Gasteiger partial charge in [0.1, 0.15) is 5.60 Å². The van der Waals surface area contributed by atoms with Gasteiger partial charge in [0.25, 0.3) is 0 Å². The number of rotatable bonds is 2. The molecule has 1 aliphatic rings. The van der Waals surface area contributed by atoms with Gasteiger partial charge in [-0.05, 0) is 48.0 Å². The zero-order valence-corrected chi connectivity index (χ0v) is 12.4. The number of hydrogen-bond donors (Lipinski definition) is 0. The first-order valence-corrected chi connectivity index (χ1v) is 6.94. The van der Waals surface area contributed by atoms with E-state index in [0.717, 1.165) is 16.6 Å². The monoisotopic (exact) mass is 319 g/mol. The molecule has 0 amide bonds. The number of pyridine rings is 1. The number of aromatic nitrogens is 1. The Kier molecular flexibility index (Phi) is 2.97. The molecule has 98 valence electrons. The number of benzene rings is 1. The van der Waals surface area contributed by atoms with Crippen LogP contribution in [0, 0.1) is 0 Å². The maximum absolute atomic E-state index is 5.97. The van der Waals surface area contributed by atoms with Gasteiger partial charge in [0.15, 0.2) is 11.5 Å². The van der Waals surface area contributed by atoms with E-state index >= 15 is 0 Å². The fraction of sp³-hybridized carbons (Fsp3) is 0.267. The molecule has 0 unspecified atom stereocenters. The van der Waals surface area contributed by atoms with Crippen LogP contribution in [0.15, 0.2) is 41.0 Å². The molecule has 1 aromatic heterocycles. The van der Waals surface area contributed by atoms with Gasteiger partial charge in [-0.25, -0.2) is 4.98 Å². The van der Waals surface area contributed by atoms with E-state index in [4.69, 9.17) is 9.47 Å². The second kappa shape index (κ2) is 4.53. The average molecular weight is 320 g/mol. The van der Waals surface area contributed by atoms with Crippen LogP contribution in [0.3, 0.4) is 0 Å². The third-order valence-corrected chi connectivity index (χ3v) is 3.59. The third-order valence-electron chi connectivity index (χ3n) is 2.99. The Morgan fingerprint density at radius 1 is 1.26 bits per heavy atom. The van der Waals surface area contributed by atoms with Gasteiger partial charge in [0.2, 0.25) is 5.88 Å². The van der Waals surface area contributed by atoms with Crippen molar-refractivity contribution in [2.75, 3.05) is 0 Å². The first-order chi connectivity index (χ1) is 9.05. The summed E-state index contributed by atoms with van der Waals surface area (Å²) in [5.74, 6) is 2.08. The Bertz CT molecular complexity index is 625. The molecule has 0 N–H and O–H groups in total. The summed E-state index contributed by atoms with van der Waals surface area (Å²) in [7, 11) is 0. The minimum Gasteiger partial charge on any atom is -0.483 e. The van der Waals surface area contributed by atoms with Crippen molar-refractivity contribution >= 4 is 15.9 Å². The van der Waals surface area contributed by atoms with Crippen molar-refractivity contribution in [2.24, 2.45) is 0 Å². The van der Waals surface area contributed by atoms with Gasteiger partial charge >= 0.3 is 0 Å². The molecule has 0 spiro atoms. The Hall–Kier alpha value is -1.55. The normalized spacial score (nSPS) is 15.7. The molecule has 0 fully saturated rings. The zero-order chi connectivity index (χ0) is 13.5. The van der Waals surface area contributed by atoms with Gasteiger partial charge in [0.05, 0.1) is 4.47 Å². The van der Waals surface area contributed by atoms with Crippen molar-refractivity contribution in [3.63, 3.8) is 0 Å². The molecule has 2 aromatic rings. The van der Waals surface area contributed by atoms with E-state index in [0.29, 0.717) is 11.6 Å². The highest BCUT2D eigenvalue weighted by molar-refractivity contribution is 9.10. The lowest BCUT2D eigenvalue weighted by Gasteiger charge is -2.18. The third kappa shape index (κ3) is 2.45. The summed E-state index contributed by atoms with van der Waals surface area (Å²) in [6.07, 6.45) is 2.59. The summed E-state index contributed by atoms with van der Waals surface area (Å²) in [6, 6.07) is 9.71. The molecule has 0 saturated carbocycles. The summed E-state index contributed by atoms with van der Waals surface area (Å²) in [4.78, 5) is 4.21. The number of para-hydroxylation sites is 1. The molecule has 4 heteroatoms.